The summed E-state index contributed by atoms with van der Waals surface area (Å²) in [7, 11) is -3.29. The van der Waals surface area contributed by atoms with E-state index in [2.05, 4.69) is 75.2 Å². The van der Waals surface area contributed by atoms with Crippen LogP contribution < -0.4 is 21.2 Å². The standard InChI is InChI=1S/2C14H14P.2C2H4O2.2Au/c2*1-15(2,13-9-5-3-6-10-13)14-11-7-4-8-12-14;2*1-2(3)4;;/h2*3-12H,1-2H2;2*1H3,(H,3,4);;/q2*-1;;;2*+1. The summed E-state index contributed by atoms with van der Waals surface area (Å²) in [5.41, 5.74) is 0. The third-order valence-electron chi connectivity index (χ3n) is 5.00. The third-order valence-corrected chi connectivity index (χ3v) is 10.1. The Morgan fingerprint density at radius 3 is 0.700 bits per heavy atom. The number of hydrogen-bond donors (Lipinski definition) is 2. The van der Waals surface area contributed by atoms with Gasteiger partial charge in [-0.2, -0.15) is 41.2 Å². The molecule has 0 saturated heterocycles. The predicted molar refractivity (Wildman–Crippen MR) is 166 cm³/mol. The molecule has 8 heteroatoms. The first-order chi connectivity index (χ1) is 17.9. The van der Waals surface area contributed by atoms with E-state index in [1.807, 2.05) is 72.8 Å². The van der Waals surface area contributed by atoms with Crippen molar-refractivity contribution >= 4 is 47.7 Å². The molecule has 0 spiro atoms. The van der Waals surface area contributed by atoms with Crippen LogP contribution in [0.4, 0.5) is 0 Å². The van der Waals surface area contributed by atoms with Crippen molar-refractivity contribution in [1.29, 1.82) is 0 Å². The fourth-order valence-corrected chi connectivity index (χ4v) is 6.72. The van der Waals surface area contributed by atoms with Gasteiger partial charge in [-0.15, -0.1) is 0 Å². The monoisotopic (exact) mass is 940 g/mol. The normalized spacial score (nSPS) is 9.75. The van der Waals surface area contributed by atoms with Crippen molar-refractivity contribution < 1.29 is 64.6 Å². The molecule has 0 aliphatic carbocycles. The van der Waals surface area contributed by atoms with Crippen LogP contribution in [-0.2, 0) is 54.3 Å². The van der Waals surface area contributed by atoms with E-state index < -0.39 is 26.5 Å². The fourth-order valence-electron chi connectivity index (χ4n) is 3.15. The van der Waals surface area contributed by atoms with Crippen LogP contribution in [0.25, 0.3) is 0 Å². The molecular formula is C32H36Au2O4P2. The summed E-state index contributed by atoms with van der Waals surface area (Å²) in [6, 6.07) is 41.3. The third kappa shape index (κ3) is 15.2. The van der Waals surface area contributed by atoms with Gasteiger partial charge in [-0.3, -0.25) is 9.59 Å². The van der Waals surface area contributed by atoms with Crippen LogP contribution in [0.15, 0.2) is 121 Å². The van der Waals surface area contributed by atoms with E-state index in [0.29, 0.717) is 0 Å². The van der Waals surface area contributed by atoms with Crippen LogP contribution in [0.5, 0.6) is 0 Å². The van der Waals surface area contributed by atoms with Crippen LogP contribution >= 0.6 is 14.5 Å². The zero-order valence-corrected chi connectivity index (χ0v) is 28.7. The molecule has 4 rings (SSSR count). The minimum Gasteiger partial charge on any atom is -0.481 e. The van der Waals surface area contributed by atoms with Crippen molar-refractivity contribution in [3.63, 3.8) is 0 Å². The molecule has 4 aromatic rings. The Bertz CT molecular complexity index is 1030. The molecule has 0 amide bonds. The molecule has 40 heavy (non-hydrogen) atoms. The second kappa shape index (κ2) is 20.9. The van der Waals surface area contributed by atoms with E-state index >= 15 is 0 Å². The smallest absolute Gasteiger partial charge is 0.481 e. The Hall–Kier alpha value is -1.84. The maximum absolute atomic E-state index is 9.00. The molecule has 0 aliphatic rings. The fraction of sp³-hybridized carbons (Fsp3) is 0.0625. The molecule has 0 unspecified atom stereocenters. The van der Waals surface area contributed by atoms with E-state index in [9.17, 15) is 0 Å². The summed E-state index contributed by atoms with van der Waals surface area (Å²) in [5, 5.41) is 19.8. The van der Waals surface area contributed by atoms with Crippen LogP contribution in [0.3, 0.4) is 0 Å². The van der Waals surface area contributed by atoms with Crippen molar-refractivity contribution in [2.75, 3.05) is 0 Å². The van der Waals surface area contributed by atoms with Gasteiger partial charge in [0.2, 0.25) is 0 Å². The number of carboxylic acid groups (broad SMARTS) is 2. The number of carboxylic acids is 2. The number of benzene rings is 4. The molecule has 2 N–H and O–H groups in total. The number of aliphatic carboxylic acids is 2. The van der Waals surface area contributed by atoms with Crippen LogP contribution in [0, 0.1) is 26.7 Å². The number of rotatable bonds is 4. The second-order valence-corrected chi connectivity index (χ2v) is 14.3. The quantitative estimate of drug-likeness (QED) is 0.137. The van der Waals surface area contributed by atoms with Gasteiger partial charge in [0.25, 0.3) is 11.9 Å². The van der Waals surface area contributed by atoms with Crippen LogP contribution in [0.2, 0.25) is 0 Å². The van der Waals surface area contributed by atoms with Gasteiger partial charge in [-0.1, -0.05) is 72.8 Å². The Morgan fingerprint density at radius 2 is 0.575 bits per heavy atom. The van der Waals surface area contributed by atoms with Crippen molar-refractivity contribution in [1.82, 2.24) is 0 Å². The summed E-state index contributed by atoms with van der Waals surface area (Å²) in [6.07, 6.45) is 0. The molecule has 4 nitrogen and oxygen atoms in total. The molecule has 4 aromatic carbocycles. The minimum atomic E-state index is -1.65. The van der Waals surface area contributed by atoms with Gasteiger partial charge in [0.05, 0.1) is 0 Å². The molecule has 0 heterocycles. The van der Waals surface area contributed by atoms with Gasteiger partial charge >= 0.3 is 44.8 Å². The van der Waals surface area contributed by atoms with E-state index in [1.54, 1.807) is 0 Å². The average molecular weight is 941 g/mol. The summed E-state index contributed by atoms with van der Waals surface area (Å²) < 4.78 is 0. The van der Waals surface area contributed by atoms with Gasteiger partial charge in [-0.25, -0.2) is 0 Å². The molecule has 0 radical (unpaired) electrons. The summed E-state index contributed by atoms with van der Waals surface area (Å²) in [6.45, 7) is 19.4. The Balaban J connectivity index is 0. The maximum atomic E-state index is 9.00. The average Bonchev–Trinajstić information content (AvgIpc) is 2.90. The SMILES string of the molecule is CC(=O)O.CC(=O)O.[Au+].[Au+].[CH2-][P+]([CH2-])(c1ccccc1)c1ccccc1.[CH2-][P+]([CH2-])(c1ccccc1)c1ccccc1. The Kier molecular flexibility index (Phi) is 21.1. The van der Waals surface area contributed by atoms with E-state index in [0.717, 1.165) is 13.8 Å². The predicted octanol–water partition coefficient (Wildman–Crippen LogP) is 6.65. The topological polar surface area (TPSA) is 74.6 Å². The van der Waals surface area contributed by atoms with Crippen LogP contribution in [0.1, 0.15) is 13.8 Å². The molecule has 0 atom stereocenters. The molecule has 0 saturated carbocycles. The van der Waals surface area contributed by atoms with Crippen molar-refractivity contribution in [2.24, 2.45) is 0 Å². The molecular weight excluding hydrogens is 904 g/mol. The first-order valence-corrected chi connectivity index (χ1v) is 16.0. The van der Waals surface area contributed by atoms with Gasteiger partial charge in [0.15, 0.2) is 0 Å². The summed E-state index contributed by atoms with van der Waals surface area (Å²) in [5.74, 6) is -1.67. The molecule has 0 fully saturated rings. The Morgan fingerprint density at radius 1 is 0.450 bits per heavy atom. The van der Waals surface area contributed by atoms with E-state index in [-0.39, 0.29) is 44.8 Å². The maximum Gasteiger partial charge on any atom is 1.00 e. The zero-order chi connectivity index (χ0) is 28.6. The zero-order valence-electron chi connectivity index (χ0n) is 22.6. The van der Waals surface area contributed by atoms with Gasteiger partial charge < -0.3 is 10.2 Å². The second-order valence-electron chi connectivity index (χ2n) is 8.32. The summed E-state index contributed by atoms with van der Waals surface area (Å²) in [4.78, 5) is 18.0. The number of carbonyl (C=O) groups is 2. The molecule has 0 aromatic heterocycles. The largest absolute Gasteiger partial charge is 1.00 e. The van der Waals surface area contributed by atoms with Crippen molar-refractivity contribution in [2.45, 2.75) is 13.8 Å². The van der Waals surface area contributed by atoms with E-state index in [4.69, 9.17) is 19.8 Å². The van der Waals surface area contributed by atoms with Crippen molar-refractivity contribution in [3.05, 3.63) is 148 Å². The molecule has 220 valence electrons. The van der Waals surface area contributed by atoms with Gasteiger partial charge in [-0.05, 0) is 48.5 Å². The van der Waals surface area contributed by atoms with E-state index in [1.165, 1.54) is 21.2 Å². The van der Waals surface area contributed by atoms with Gasteiger partial charge in [0.1, 0.15) is 0 Å². The first kappa shape index (κ1) is 40.3. The summed E-state index contributed by atoms with van der Waals surface area (Å²) >= 11 is 0. The number of hydrogen-bond acceptors (Lipinski definition) is 2. The van der Waals surface area contributed by atoms with Gasteiger partial charge in [0, 0.05) is 35.1 Å². The first-order valence-electron chi connectivity index (χ1n) is 11.7. The van der Waals surface area contributed by atoms with Crippen molar-refractivity contribution in [3.8, 4) is 0 Å². The minimum absolute atomic E-state index is 0. The Labute approximate surface area is 272 Å². The van der Waals surface area contributed by atoms with Crippen LogP contribution in [-0.4, -0.2) is 22.2 Å². The molecule has 0 aliphatic heterocycles. The molecule has 0 bridgehead atoms.